The molecule has 1 unspecified atom stereocenters. The summed E-state index contributed by atoms with van der Waals surface area (Å²) in [6.07, 6.45) is 1.63. The summed E-state index contributed by atoms with van der Waals surface area (Å²) < 4.78 is 0. The number of halogens is 1. The van der Waals surface area contributed by atoms with E-state index in [0.29, 0.717) is 6.54 Å². The summed E-state index contributed by atoms with van der Waals surface area (Å²) in [6, 6.07) is 7.01. The molecule has 0 aliphatic rings. The first-order valence-electron chi connectivity index (χ1n) is 4.86. The molecule has 0 bridgehead atoms. The van der Waals surface area contributed by atoms with Gasteiger partial charge in [0.1, 0.15) is 6.04 Å². The topological polar surface area (TPSA) is 55.1 Å². The second-order valence-corrected chi connectivity index (χ2v) is 3.37. The van der Waals surface area contributed by atoms with Crippen LogP contribution in [0.15, 0.2) is 36.9 Å². The van der Waals surface area contributed by atoms with E-state index >= 15 is 0 Å². The van der Waals surface area contributed by atoms with Gasteiger partial charge in [0.2, 0.25) is 5.91 Å². The molecule has 0 saturated heterocycles. The van der Waals surface area contributed by atoms with Gasteiger partial charge in [0.05, 0.1) is 0 Å². The molecule has 0 fully saturated rings. The van der Waals surface area contributed by atoms with Crippen molar-refractivity contribution in [1.82, 2.24) is 5.32 Å². The maximum absolute atomic E-state index is 11.6. The number of carbonyl (C=O) groups excluding carboxylic acids is 1. The quantitative estimate of drug-likeness (QED) is 0.788. The lowest BCUT2D eigenvalue weighted by atomic mass is 10.0. The van der Waals surface area contributed by atoms with Crippen molar-refractivity contribution in [2.24, 2.45) is 5.73 Å². The first kappa shape index (κ1) is 14.7. The van der Waals surface area contributed by atoms with E-state index < -0.39 is 6.04 Å². The van der Waals surface area contributed by atoms with Gasteiger partial charge < -0.3 is 11.1 Å². The lowest BCUT2D eigenvalue weighted by Crippen LogP contribution is -2.34. The highest BCUT2D eigenvalue weighted by molar-refractivity contribution is 5.85. The van der Waals surface area contributed by atoms with Gasteiger partial charge in [-0.3, -0.25) is 4.79 Å². The van der Waals surface area contributed by atoms with Crippen LogP contribution >= 0.6 is 12.4 Å². The molecule has 0 aromatic heterocycles. The van der Waals surface area contributed by atoms with Crippen molar-refractivity contribution in [3.05, 3.63) is 48.0 Å². The van der Waals surface area contributed by atoms with Crippen molar-refractivity contribution in [3.8, 4) is 0 Å². The summed E-state index contributed by atoms with van der Waals surface area (Å²) >= 11 is 0. The highest BCUT2D eigenvalue weighted by Gasteiger charge is 2.15. The smallest absolute Gasteiger partial charge is 0.241 e. The minimum atomic E-state index is -0.605. The van der Waals surface area contributed by atoms with Gasteiger partial charge >= 0.3 is 0 Å². The molecular weight excluding hydrogens is 224 g/mol. The van der Waals surface area contributed by atoms with Gasteiger partial charge in [0.25, 0.3) is 0 Å². The zero-order valence-electron chi connectivity index (χ0n) is 9.27. The summed E-state index contributed by atoms with van der Waals surface area (Å²) in [5, 5.41) is 2.68. The molecule has 1 aromatic carbocycles. The Labute approximate surface area is 102 Å². The van der Waals surface area contributed by atoms with E-state index in [-0.39, 0.29) is 18.3 Å². The fraction of sp³-hybridized carbons (Fsp3) is 0.250. The Morgan fingerprint density at radius 3 is 2.75 bits per heavy atom. The molecule has 4 heteroatoms. The molecule has 3 nitrogen and oxygen atoms in total. The Morgan fingerprint density at radius 2 is 2.19 bits per heavy atom. The zero-order chi connectivity index (χ0) is 11.3. The van der Waals surface area contributed by atoms with Gasteiger partial charge in [-0.25, -0.2) is 0 Å². The molecule has 0 aliphatic heterocycles. The van der Waals surface area contributed by atoms with Crippen LogP contribution in [0.4, 0.5) is 0 Å². The van der Waals surface area contributed by atoms with E-state index in [9.17, 15) is 4.79 Å². The summed E-state index contributed by atoms with van der Waals surface area (Å²) in [5.74, 6) is -0.177. The zero-order valence-corrected chi connectivity index (χ0v) is 10.1. The van der Waals surface area contributed by atoms with Crippen molar-refractivity contribution in [1.29, 1.82) is 0 Å². The van der Waals surface area contributed by atoms with Gasteiger partial charge in [-0.15, -0.1) is 19.0 Å². The molecule has 0 saturated carbocycles. The average molecular weight is 241 g/mol. The largest absolute Gasteiger partial charge is 0.351 e. The van der Waals surface area contributed by atoms with E-state index in [1.165, 1.54) is 0 Å². The number of hydrogen-bond acceptors (Lipinski definition) is 2. The highest BCUT2D eigenvalue weighted by atomic mass is 35.5. The highest BCUT2D eigenvalue weighted by Crippen LogP contribution is 2.14. The molecule has 88 valence electrons. The van der Waals surface area contributed by atoms with Gasteiger partial charge in [-0.05, 0) is 18.1 Å². The van der Waals surface area contributed by atoms with E-state index in [2.05, 4.69) is 11.9 Å². The molecule has 0 spiro atoms. The van der Waals surface area contributed by atoms with Gasteiger partial charge in [-0.2, -0.15) is 0 Å². The Hall–Kier alpha value is -1.32. The predicted molar refractivity (Wildman–Crippen MR) is 68.6 cm³/mol. The second-order valence-electron chi connectivity index (χ2n) is 3.37. The summed E-state index contributed by atoms with van der Waals surface area (Å²) in [7, 11) is 0. The summed E-state index contributed by atoms with van der Waals surface area (Å²) in [4.78, 5) is 11.6. The Balaban J connectivity index is 0.00000225. The number of nitrogens with two attached hydrogens (primary N) is 1. The first-order valence-corrected chi connectivity index (χ1v) is 4.86. The molecule has 16 heavy (non-hydrogen) atoms. The molecule has 0 aliphatic carbocycles. The van der Waals surface area contributed by atoms with E-state index in [1.807, 2.05) is 31.2 Å². The monoisotopic (exact) mass is 240 g/mol. The molecule has 3 N–H and O–H groups in total. The third kappa shape index (κ3) is 3.68. The summed E-state index contributed by atoms with van der Waals surface area (Å²) in [5.41, 5.74) is 7.72. The molecular formula is C12H17ClN2O. The van der Waals surface area contributed by atoms with Gasteiger partial charge in [0, 0.05) is 6.54 Å². The number of carbonyl (C=O) groups is 1. The van der Waals surface area contributed by atoms with Crippen LogP contribution in [0, 0.1) is 6.92 Å². The number of aryl methyl sites for hydroxylation is 1. The second kappa shape index (κ2) is 7.04. The van der Waals surface area contributed by atoms with Crippen LogP contribution in [-0.2, 0) is 4.79 Å². The third-order valence-electron chi connectivity index (χ3n) is 2.23. The maximum Gasteiger partial charge on any atom is 0.241 e. The molecule has 1 atom stereocenters. The Kier molecular flexibility index (Phi) is 6.46. The minimum Gasteiger partial charge on any atom is -0.351 e. The SMILES string of the molecule is C=CCNC(=O)C(N)c1ccccc1C.Cl. The Morgan fingerprint density at radius 1 is 1.56 bits per heavy atom. The number of benzene rings is 1. The number of rotatable bonds is 4. The van der Waals surface area contributed by atoms with Crippen molar-refractivity contribution in [2.45, 2.75) is 13.0 Å². The lowest BCUT2D eigenvalue weighted by molar-refractivity contribution is -0.122. The van der Waals surface area contributed by atoms with Crippen LogP contribution < -0.4 is 11.1 Å². The van der Waals surface area contributed by atoms with Crippen molar-refractivity contribution < 1.29 is 4.79 Å². The van der Waals surface area contributed by atoms with Crippen LogP contribution in [-0.4, -0.2) is 12.5 Å². The van der Waals surface area contributed by atoms with Crippen LogP contribution in [0.25, 0.3) is 0 Å². The number of nitrogens with one attached hydrogen (secondary N) is 1. The average Bonchev–Trinajstić information content (AvgIpc) is 2.25. The molecule has 1 aromatic rings. The van der Waals surface area contributed by atoms with E-state index in [0.717, 1.165) is 11.1 Å². The van der Waals surface area contributed by atoms with Crippen LogP contribution in [0.3, 0.4) is 0 Å². The lowest BCUT2D eigenvalue weighted by Gasteiger charge is -2.13. The van der Waals surface area contributed by atoms with Crippen LogP contribution in [0.5, 0.6) is 0 Å². The van der Waals surface area contributed by atoms with Crippen molar-refractivity contribution in [3.63, 3.8) is 0 Å². The number of amides is 1. The van der Waals surface area contributed by atoms with Crippen molar-refractivity contribution in [2.75, 3.05) is 6.54 Å². The standard InChI is InChI=1S/C12H16N2O.ClH/c1-3-8-14-12(15)11(13)10-7-5-4-6-9(10)2;/h3-7,11H,1,8,13H2,2H3,(H,14,15);1H. The van der Waals surface area contributed by atoms with Gasteiger partial charge in [0.15, 0.2) is 0 Å². The van der Waals surface area contributed by atoms with Crippen LogP contribution in [0.2, 0.25) is 0 Å². The predicted octanol–water partition coefficient (Wildman–Crippen LogP) is 1.72. The molecule has 1 rings (SSSR count). The molecule has 0 heterocycles. The van der Waals surface area contributed by atoms with Crippen molar-refractivity contribution >= 4 is 18.3 Å². The molecule has 0 radical (unpaired) electrons. The normalized spacial score (nSPS) is 11.1. The third-order valence-corrected chi connectivity index (χ3v) is 2.23. The minimum absolute atomic E-state index is 0. The van der Waals surface area contributed by atoms with Crippen LogP contribution in [0.1, 0.15) is 17.2 Å². The fourth-order valence-corrected chi connectivity index (χ4v) is 1.36. The Bertz CT molecular complexity index is 366. The fourth-order valence-electron chi connectivity index (χ4n) is 1.36. The molecule has 1 amide bonds. The van der Waals surface area contributed by atoms with E-state index in [1.54, 1.807) is 6.08 Å². The first-order chi connectivity index (χ1) is 7.16. The summed E-state index contributed by atoms with van der Waals surface area (Å²) in [6.45, 7) is 5.91. The van der Waals surface area contributed by atoms with Gasteiger partial charge in [-0.1, -0.05) is 30.3 Å². The number of hydrogen-bond donors (Lipinski definition) is 2. The van der Waals surface area contributed by atoms with E-state index in [4.69, 9.17) is 5.73 Å². The maximum atomic E-state index is 11.6.